The fraction of sp³-hybridized carbons (Fsp3) is 0.476. The number of nitrogens with zero attached hydrogens (tertiary/aromatic N) is 2. The summed E-state index contributed by atoms with van der Waals surface area (Å²) < 4.78 is 6.37. The number of likely N-dealkylation sites (tertiary alicyclic amines) is 1. The van der Waals surface area contributed by atoms with Gasteiger partial charge in [0, 0.05) is 50.8 Å². The summed E-state index contributed by atoms with van der Waals surface area (Å²) in [6.07, 6.45) is 7.68. The number of rotatable bonds is 2. The topological polar surface area (TPSA) is 25.4 Å². The largest absolute Gasteiger partial charge is 0.487 e. The van der Waals surface area contributed by atoms with Gasteiger partial charge in [0.05, 0.1) is 0 Å². The van der Waals surface area contributed by atoms with E-state index in [4.69, 9.17) is 4.74 Å². The number of aromatic nitrogens is 1. The highest BCUT2D eigenvalue weighted by Crippen LogP contribution is 2.41. The van der Waals surface area contributed by atoms with E-state index in [1.165, 1.54) is 29.8 Å². The number of pyridine rings is 1. The maximum absolute atomic E-state index is 6.37. The Morgan fingerprint density at radius 3 is 2.71 bits per heavy atom. The number of hydrogen-bond donors (Lipinski definition) is 0. The van der Waals surface area contributed by atoms with Crippen LogP contribution in [-0.4, -0.2) is 35.1 Å². The van der Waals surface area contributed by atoms with Crippen molar-refractivity contribution in [3.05, 3.63) is 59.4 Å². The molecule has 0 radical (unpaired) electrons. The standard InChI is InChI=1S/C21H24N2O/c1-2-6-20-18(4-1)14-21(24-20)7-10-23(11-8-21)15-16-12-17-5-3-9-22-19(17)13-16/h1-6,9,16H,7-8,10-15H2. The van der Waals surface area contributed by atoms with Crippen LogP contribution in [-0.2, 0) is 19.3 Å². The zero-order valence-electron chi connectivity index (χ0n) is 14.1. The fourth-order valence-corrected chi connectivity index (χ4v) is 4.78. The summed E-state index contributed by atoms with van der Waals surface area (Å²) >= 11 is 0. The third-order valence-corrected chi connectivity index (χ3v) is 6.07. The third kappa shape index (κ3) is 2.51. The zero-order valence-corrected chi connectivity index (χ0v) is 14.1. The SMILES string of the molecule is c1ccc2c(c1)CC1(CCN(CC3Cc4cccnc4C3)CC1)O2. The second-order valence-corrected chi connectivity index (χ2v) is 7.75. The molecule has 1 spiro atoms. The molecule has 3 heteroatoms. The number of ether oxygens (including phenoxy) is 1. The number of piperidine rings is 1. The summed E-state index contributed by atoms with van der Waals surface area (Å²) in [4.78, 5) is 7.19. The number of benzene rings is 1. The van der Waals surface area contributed by atoms with Crippen LogP contribution in [0.15, 0.2) is 42.6 Å². The van der Waals surface area contributed by atoms with E-state index in [9.17, 15) is 0 Å². The fourth-order valence-electron chi connectivity index (χ4n) is 4.78. The summed E-state index contributed by atoms with van der Waals surface area (Å²) in [5.74, 6) is 1.86. The molecule has 5 rings (SSSR count). The van der Waals surface area contributed by atoms with E-state index in [1.54, 1.807) is 0 Å². The van der Waals surface area contributed by atoms with E-state index < -0.39 is 0 Å². The highest BCUT2D eigenvalue weighted by Gasteiger charge is 2.42. The molecule has 1 aliphatic carbocycles. The lowest BCUT2D eigenvalue weighted by Crippen LogP contribution is -2.48. The maximum atomic E-state index is 6.37. The van der Waals surface area contributed by atoms with Gasteiger partial charge in [-0.3, -0.25) is 4.98 Å². The van der Waals surface area contributed by atoms with Gasteiger partial charge in [-0.15, -0.1) is 0 Å². The second kappa shape index (κ2) is 5.59. The average Bonchev–Trinajstić information content (AvgIpc) is 3.17. The molecule has 1 aromatic carbocycles. The van der Waals surface area contributed by atoms with Gasteiger partial charge < -0.3 is 9.64 Å². The van der Waals surface area contributed by atoms with Crippen molar-refractivity contribution >= 4 is 0 Å². The van der Waals surface area contributed by atoms with Crippen molar-refractivity contribution in [1.29, 1.82) is 0 Å². The first kappa shape index (κ1) is 14.5. The van der Waals surface area contributed by atoms with Gasteiger partial charge in [-0.25, -0.2) is 0 Å². The van der Waals surface area contributed by atoms with Crippen LogP contribution in [0.1, 0.15) is 29.7 Å². The molecule has 0 saturated carbocycles. The molecule has 0 amide bonds. The Labute approximate surface area is 143 Å². The minimum Gasteiger partial charge on any atom is -0.487 e. The van der Waals surface area contributed by atoms with Crippen molar-refractivity contribution in [3.8, 4) is 5.75 Å². The molecular weight excluding hydrogens is 296 g/mol. The predicted octanol–water partition coefficient (Wildman–Crippen LogP) is 3.27. The molecule has 1 aromatic heterocycles. The molecule has 1 fully saturated rings. The molecule has 2 aliphatic heterocycles. The van der Waals surface area contributed by atoms with Crippen LogP contribution in [0, 0.1) is 5.92 Å². The summed E-state index contributed by atoms with van der Waals surface area (Å²) in [5, 5.41) is 0. The molecule has 124 valence electrons. The molecule has 0 bridgehead atoms. The van der Waals surface area contributed by atoms with Gasteiger partial charge in [-0.2, -0.15) is 0 Å². The van der Waals surface area contributed by atoms with Crippen LogP contribution in [0.4, 0.5) is 0 Å². The first-order valence-corrected chi connectivity index (χ1v) is 9.22. The van der Waals surface area contributed by atoms with Crippen LogP contribution in [0.2, 0.25) is 0 Å². The Morgan fingerprint density at radius 1 is 1.04 bits per heavy atom. The van der Waals surface area contributed by atoms with Crippen LogP contribution >= 0.6 is 0 Å². The summed E-state index contributed by atoms with van der Waals surface area (Å²) in [6, 6.07) is 12.9. The Hall–Kier alpha value is -1.87. The van der Waals surface area contributed by atoms with Crippen molar-refractivity contribution in [2.45, 2.75) is 37.7 Å². The lowest BCUT2D eigenvalue weighted by molar-refractivity contribution is 0.0153. The second-order valence-electron chi connectivity index (χ2n) is 7.75. The third-order valence-electron chi connectivity index (χ3n) is 6.07. The summed E-state index contributed by atoms with van der Waals surface area (Å²) in [7, 11) is 0. The smallest absolute Gasteiger partial charge is 0.123 e. The van der Waals surface area contributed by atoms with Crippen molar-refractivity contribution in [2.75, 3.05) is 19.6 Å². The Bertz CT molecular complexity index is 697. The van der Waals surface area contributed by atoms with Gasteiger partial charge in [-0.1, -0.05) is 24.3 Å². The lowest BCUT2D eigenvalue weighted by atomic mass is 9.86. The van der Waals surface area contributed by atoms with Crippen LogP contribution in [0.3, 0.4) is 0 Å². The van der Waals surface area contributed by atoms with Gasteiger partial charge in [-0.05, 0) is 42.0 Å². The van der Waals surface area contributed by atoms with Crippen LogP contribution in [0.5, 0.6) is 5.75 Å². The quantitative estimate of drug-likeness (QED) is 0.849. The molecule has 1 atom stereocenters. The highest BCUT2D eigenvalue weighted by molar-refractivity contribution is 5.39. The van der Waals surface area contributed by atoms with Crippen molar-refractivity contribution in [1.82, 2.24) is 9.88 Å². The monoisotopic (exact) mass is 320 g/mol. The Kier molecular flexibility index (Phi) is 3.37. The molecule has 1 unspecified atom stereocenters. The zero-order chi connectivity index (χ0) is 16.0. The molecular formula is C21H24N2O. The average molecular weight is 320 g/mol. The minimum absolute atomic E-state index is 0.0698. The molecule has 3 heterocycles. The Balaban J connectivity index is 1.19. The molecule has 0 N–H and O–H groups in total. The molecule has 3 nitrogen and oxygen atoms in total. The van der Waals surface area contributed by atoms with E-state index >= 15 is 0 Å². The minimum atomic E-state index is 0.0698. The van der Waals surface area contributed by atoms with Crippen LogP contribution in [0.25, 0.3) is 0 Å². The predicted molar refractivity (Wildman–Crippen MR) is 94.3 cm³/mol. The van der Waals surface area contributed by atoms with E-state index in [2.05, 4.69) is 46.3 Å². The Morgan fingerprint density at radius 2 is 1.88 bits per heavy atom. The van der Waals surface area contributed by atoms with Crippen LogP contribution < -0.4 is 4.74 Å². The van der Waals surface area contributed by atoms with Gasteiger partial charge >= 0.3 is 0 Å². The summed E-state index contributed by atoms with van der Waals surface area (Å²) in [5.41, 5.74) is 4.25. The van der Waals surface area contributed by atoms with Crippen molar-refractivity contribution in [2.24, 2.45) is 5.92 Å². The number of fused-ring (bicyclic) bond motifs is 2. The molecule has 1 saturated heterocycles. The van der Waals surface area contributed by atoms with Gasteiger partial charge in [0.1, 0.15) is 11.4 Å². The van der Waals surface area contributed by atoms with Gasteiger partial charge in [0.25, 0.3) is 0 Å². The normalized spacial score (nSPS) is 24.6. The van der Waals surface area contributed by atoms with E-state index in [0.717, 1.165) is 50.4 Å². The van der Waals surface area contributed by atoms with Crippen molar-refractivity contribution < 1.29 is 4.74 Å². The van der Waals surface area contributed by atoms with E-state index in [1.807, 2.05) is 6.20 Å². The molecule has 3 aliphatic rings. The molecule has 24 heavy (non-hydrogen) atoms. The number of para-hydroxylation sites is 1. The first-order chi connectivity index (χ1) is 11.8. The maximum Gasteiger partial charge on any atom is 0.123 e. The molecule has 2 aromatic rings. The van der Waals surface area contributed by atoms with Gasteiger partial charge in [0.2, 0.25) is 0 Å². The lowest BCUT2D eigenvalue weighted by Gasteiger charge is -2.39. The summed E-state index contributed by atoms with van der Waals surface area (Å²) in [6.45, 7) is 3.53. The van der Waals surface area contributed by atoms with Gasteiger partial charge in [0.15, 0.2) is 0 Å². The number of hydrogen-bond acceptors (Lipinski definition) is 3. The van der Waals surface area contributed by atoms with E-state index in [0.29, 0.717) is 0 Å². The highest BCUT2D eigenvalue weighted by atomic mass is 16.5. The first-order valence-electron chi connectivity index (χ1n) is 9.22. The van der Waals surface area contributed by atoms with E-state index in [-0.39, 0.29) is 5.60 Å². The van der Waals surface area contributed by atoms with Crippen molar-refractivity contribution in [3.63, 3.8) is 0 Å².